The number of hydrogen-bond donors (Lipinski definition) is 2. The number of carbonyl (C=O) groups is 2. The van der Waals surface area contributed by atoms with Crippen molar-refractivity contribution >= 4 is 39.3 Å². The molecular weight excluding hydrogens is 478 g/mol. The van der Waals surface area contributed by atoms with Crippen LogP contribution < -0.4 is 10.6 Å². The molecule has 2 amide bonds. The van der Waals surface area contributed by atoms with Crippen LogP contribution in [0.5, 0.6) is 0 Å². The first kappa shape index (κ1) is 25.2. The molecule has 34 heavy (non-hydrogen) atoms. The minimum atomic E-state index is -3.75. The van der Waals surface area contributed by atoms with E-state index in [1.54, 1.807) is 4.90 Å². The van der Waals surface area contributed by atoms with Gasteiger partial charge in [-0.1, -0.05) is 25.4 Å². The van der Waals surface area contributed by atoms with Crippen LogP contribution in [0.2, 0.25) is 5.02 Å². The van der Waals surface area contributed by atoms with Gasteiger partial charge in [0.15, 0.2) is 0 Å². The Labute approximate surface area is 206 Å². The van der Waals surface area contributed by atoms with Crippen LogP contribution >= 0.6 is 11.6 Å². The van der Waals surface area contributed by atoms with E-state index in [1.807, 2.05) is 13.8 Å². The molecular formula is C23H34ClN5O4S. The fraction of sp³-hybridized carbons (Fsp3) is 0.696. The molecule has 1 aliphatic carbocycles. The second-order valence-corrected chi connectivity index (χ2v) is 12.6. The minimum absolute atomic E-state index is 0.0585. The summed E-state index contributed by atoms with van der Waals surface area (Å²) < 4.78 is 27.7. The second-order valence-electron chi connectivity index (χ2n) is 10.3. The predicted molar refractivity (Wildman–Crippen MR) is 130 cm³/mol. The van der Waals surface area contributed by atoms with Crippen LogP contribution in [0.25, 0.3) is 0 Å². The molecule has 1 spiro atoms. The molecule has 0 atom stereocenters. The molecule has 0 aromatic carbocycles. The summed E-state index contributed by atoms with van der Waals surface area (Å²) in [6, 6.07) is 1.64. The van der Waals surface area contributed by atoms with Crippen molar-refractivity contribution in [2.24, 2.45) is 11.3 Å². The minimum Gasteiger partial charge on any atom is -0.366 e. The van der Waals surface area contributed by atoms with Crippen LogP contribution in [0.15, 0.2) is 17.2 Å². The number of piperazine rings is 1. The summed E-state index contributed by atoms with van der Waals surface area (Å²) in [6.45, 7) is 6.02. The van der Waals surface area contributed by atoms with Gasteiger partial charge in [-0.3, -0.25) is 9.59 Å². The lowest BCUT2D eigenvalue weighted by molar-refractivity contribution is -0.133. The summed E-state index contributed by atoms with van der Waals surface area (Å²) in [5.41, 5.74) is 0.0772. The van der Waals surface area contributed by atoms with Gasteiger partial charge in [-0.25, -0.2) is 13.4 Å². The van der Waals surface area contributed by atoms with Gasteiger partial charge in [0.05, 0.1) is 5.02 Å². The maximum absolute atomic E-state index is 13.1. The summed E-state index contributed by atoms with van der Waals surface area (Å²) >= 11 is 6.43. The lowest BCUT2D eigenvalue weighted by Gasteiger charge is -2.36. The van der Waals surface area contributed by atoms with Gasteiger partial charge in [-0.2, -0.15) is 4.31 Å². The van der Waals surface area contributed by atoms with E-state index in [1.165, 1.54) is 16.6 Å². The zero-order valence-corrected chi connectivity index (χ0v) is 21.4. The summed E-state index contributed by atoms with van der Waals surface area (Å²) in [5, 5.41) is 6.57. The molecule has 0 unspecified atom stereocenters. The largest absolute Gasteiger partial charge is 0.366 e. The molecule has 3 aliphatic rings. The van der Waals surface area contributed by atoms with Crippen molar-refractivity contribution in [2.45, 2.75) is 63.3 Å². The molecule has 2 aliphatic heterocycles. The number of hydrogen-bond acceptors (Lipinski definition) is 6. The van der Waals surface area contributed by atoms with Gasteiger partial charge in [-0.05, 0) is 43.1 Å². The highest BCUT2D eigenvalue weighted by atomic mass is 35.5. The Bertz CT molecular complexity index is 1030. The lowest BCUT2D eigenvalue weighted by atomic mass is 9.72. The quantitative estimate of drug-likeness (QED) is 0.607. The van der Waals surface area contributed by atoms with Crippen LogP contribution in [-0.4, -0.2) is 73.2 Å². The average molecular weight is 512 g/mol. The molecule has 2 N–H and O–H groups in total. The molecule has 0 bridgehead atoms. The number of halogens is 1. The number of rotatable bonds is 6. The zero-order valence-electron chi connectivity index (χ0n) is 19.8. The number of nitrogens with zero attached hydrogens (tertiary/aromatic N) is 3. The van der Waals surface area contributed by atoms with Crippen LogP contribution in [0.1, 0.15) is 52.4 Å². The molecule has 4 rings (SSSR count). The van der Waals surface area contributed by atoms with Crippen LogP contribution in [0, 0.1) is 11.3 Å². The molecule has 3 fully saturated rings. The number of sulfonamides is 1. The normalized spacial score (nSPS) is 26.2. The van der Waals surface area contributed by atoms with Gasteiger partial charge in [0.2, 0.25) is 21.8 Å². The van der Waals surface area contributed by atoms with E-state index in [0.717, 1.165) is 32.2 Å². The topological polar surface area (TPSA) is 112 Å². The van der Waals surface area contributed by atoms with Gasteiger partial charge in [0.25, 0.3) is 0 Å². The first-order valence-electron chi connectivity index (χ1n) is 12.0. The van der Waals surface area contributed by atoms with Gasteiger partial charge in [-0.15, -0.1) is 0 Å². The fourth-order valence-corrected chi connectivity index (χ4v) is 6.83. The van der Waals surface area contributed by atoms with E-state index in [9.17, 15) is 18.0 Å². The highest BCUT2D eigenvalue weighted by Gasteiger charge is 2.41. The van der Waals surface area contributed by atoms with Crippen molar-refractivity contribution in [3.8, 4) is 0 Å². The summed E-state index contributed by atoms with van der Waals surface area (Å²) in [7, 11) is -3.75. The first-order chi connectivity index (χ1) is 16.1. The molecule has 188 valence electrons. The highest BCUT2D eigenvalue weighted by Crippen LogP contribution is 2.42. The lowest BCUT2D eigenvalue weighted by Crippen LogP contribution is -2.50. The molecule has 11 heteroatoms. The van der Waals surface area contributed by atoms with E-state index in [-0.39, 0.29) is 52.2 Å². The second kappa shape index (κ2) is 9.99. The van der Waals surface area contributed by atoms with E-state index < -0.39 is 10.0 Å². The van der Waals surface area contributed by atoms with E-state index >= 15 is 0 Å². The number of pyridine rings is 1. The molecule has 9 nitrogen and oxygen atoms in total. The Morgan fingerprint density at radius 1 is 1.26 bits per heavy atom. The number of amides is 2. The fourth-order valence-electron chi connectivity index (χ4n) is 5.15. The van der Waals surface area contributed by atoms with Gasteiger partial charge >= 0.3 is 0 Å². The Hall–Kier alpha value is -1.91. The monoisotopic (exact) mass is 511 g/mol. The molecule has 3 heterocycles. The van der Waals surface area contributed by atoms with Gasteiger partial charge < -0.3 is 15.5 Å². The van der Waals surface area contributed by atoms with Crippen molar-refractivity contribution < 1.29 is 18.0 Å². The van der Waals surface area contributed by atoms with Gasteiger partial charge in [0.1, 0.15) is 10.7 Å². The van der Waals surface area contributed by atoms with Gasteiger partial charge in [0, 0.05) is 57.8 Å². The maximum atomic E-state index is 13.1. The van der Waals surface area contributed by atoms with Crippen molar-refractivity contribution in [1.82, 2.24) is 19.5 Å². The molecule has 2 saturated heterocycles. The molecule has 1 aromatic rings. The number of carbonyl (C=O) groups excluding carboxylic acids is 2. The third-order valence-electron chi connectivity index (χ3n) is 7.21. The SMILES string of the molecule is CC(C)CC(=O)N1CCN(S(=O)(=O)c2cnc(NC3CCC4(CC3)CNC(=O)C4)c(Cl)c2)CC1. The Morgan fingerprint density at radius 3 is 2.50 bits per heavy atom. The summed E-state index contributed by atoms with van der Waals surface area (Å²) in [4.78, 5) is 30.0. The van der Waals surface area contributed by atoms with E-state index in [2.05, 4.69) is 15.6 Å². The van der Waals surface area contributed by atoms with Crippen LogP contribution in [0.4, 0.5) is 5.82 Å². The Kier molecular flexibility index (Phi) is 7.40. The van der Waals surface area contributed by atoms with E-state index in [0.29, 0.717) is 31.7 Å². The Balaban J connectivity index is 1.34. The van der Waals surface area contributed by atoms with Crippen molar-refractivity contribution in [1.29, 1.82) is 0 Å². The summed E-state index contributed by atoms with van der Waals surface area (Å²) in [6.07, 6.45) is 6.16. The van der Waals surface area contributed by atoms with Crippen molar-refractivity contribution in [2.75, 3.05) is 38.0 Å². The zero-order chi connectivity index (χ0) is 24.5. The number of nitrogens with one attached hydrogen (secondary N) is 2. The Morgan fingerprint density at radius 2 is 1.94 bits per heavy atom. The highest BCUT2D eigenvalue weighted by molar-refractivity contribution is 7.89. The summed E-state index contributed by atoms with van der Waals surface area (Å²) in [5.74, 6) is 0.952. The average Bonchev–Trinajstić information content (AvgIpc) is 3.16. The van der Waals surface area contributed by atoms with E-state index in [4.69, 9.17) is 11.6 Å². The maximum Gasteiger partial charge on any atom is 0.244 e. The molecule has 1 saturated carbocycles. The van der Waals surface area contributed by atoms with Crippen molar-refractivity contribution in [3.05, 3.63) is 17.3 Å². The first-order valence-corrected chi connectivity index (χ1v) is 13.9. The van der Waals surface area contributed by atoms with Crippen molar-refractivity contribution in [3.63, 3.8) is 0 Å². The third kappa shape index (κ3) is 5.49. The third-order valence-corrected chi connectivity index (χ3v) is 9.36. The number of anilines is 1. The number of aromatic nitrogens is 1. The van der Waals surface area contributed by atoms with Crippen LogP contribution in [-0.2, 0) is 19.6 Å². The smallest absolute Gasteiger partial charge is 0.244 e. The molecule has 1 aromatic heterocycles. The van der Waals surface area contributed by atoms with Crippen LogP contribution in [0.3, 0.4) is 0 Å². The predicted octanol–water partition coefficient (Wildman–Crippen LogP) is 2.47. The standard InChI is InChI=1S/C23H34ClN5O4S/c1-16(2)11-21(31)28-7-9-29(10-8-28)34(32,33)18-12-19(24)22(25-14-18)27-17-3-5-23(6-4-17)13-20(30)26-15-23/h12,14,16-17H,3-11,13,15H2,1-2H3,(H,25,27)(H,26,30). The molecule has 0 radical (unpaired) electrons.